The molecule has 0 saturated carbocycles. The summed E-state index contributed by atoms with van der Waals surface area (Å²) in [5, 5.41) is 13.7. The molecule has 6 heteroatoms. The molecule has 0 unspecified atom stereocenters. The maximum atomic E-state index is 14.3. The highest BCUT2D eigenvalue weighted by atomic mass is 35.5. The number of allylic oxidation sites excluding steroid dienone is 1. The first-order chi connectivity index (χ1) is 16.1. The highest BCUT2D eigenvalue weighted by Crippen LogP contribution is 2.36. The predicted octanol–water partition coefficient (Wildman–Crippen LogP) is 7.43. The number of hydrogen-bond acceptors (Lipinski definition) is 4. The van der Waals surface area contributed by atoms with Gasteiger partial charge >= 0.3 is 0 Å². The van der Waals surface area contributed by atoms with Crippen LogP contribution in [0.25, 0.3) is 33.2 Å². The molecule has 0 aliphatic heterocycles. The second kappa shape index (κ2) is 8.70. The fraction of sp³-hybridized carbons (Fsp3) is 0. The highest BCUT2D eigenvalue weighted by Gasteiger charge is 2.15. The molecule has 0 aliphatic carbocycles. The van der Waals surface area contributed by atoms with E-state index in [1.54, 1.807) is 12.1 Å². The van der Waals surface area contributed by atoms with Crippen LogP contribution in [0.5, 0.6) is 11.6 Å². The monoisotopic (exact) mass is 451 g/mol. The SMILES string of the molecule is N#C/C(=C/c1c(Oc2nc(Cl)ncc2F)ccc2ccccc12)c1cccc2ccccc12. The zero-order chi connectivity index (χ0) is 22.8. The van der Waals surface area contributed by atoms with E-state index < -0.39 is 5.82 Å². The first-order valence-corrected chi connectivity index (χ1v) is 10.5. The first-order valence-electron chi connectivity index (χ1n) is 10.1. The fourth-order valence-electron chi connectivity index (χ4n) is 3.80. The van der Waals surface area contributed by atoms with Crippen molar-refractivity contribution < 1.29 is 9.13 Å². The smallest absolute Gasteiger partial charge is 0.260 e. The van der Waals surface area contributed by atoms with Crippen molar-refractivity contribution in [2.75, 3.05) is 0 Å². The maximum Gasteiger partial charge on any atom is 0.260 e. The van der Waals surface area contributed by atoms with Crippen molar-refractivity contribution >= 4 is 44.8 Å². The van der Waals surface area contributed by atoms with Gasteiger partial charge in [-0.05, 0) is 45.3 Å². The lowest BCUT2D eigenvalue weighted by molar-refractivity contribution is 0.419. The molecule has 5 aromatic rings. The summed E-state index contributed by atoms with van der Waals surface area (Å²) in [6, 6.07) is 27.3. The van der Waals surface area contributed by atoms with Crippen LogP contribution < -0.4 is 4.74 Å². The molecule has 0 bridgehead atoms. The summed E-state index contributed by atoms with van der Waals surface area (Å²) in [5.41, 5.74) is 1.88. The first kappa shape index (κ1) is 20.6. The number of aromatic nitrogens is 2. The molecule has 1 heterocycles. The van der Waals surface area contributed by atoms with E-state index in [-0.39, 0.29) is 11.2 Å². The van der Waals surface area contributed by atoms with Crippen LogP contribution in [0, 0.1) is 17.1 Å². The lowest BCUT2D eigenvalue weighted by Gasteiger charge is -2.13. The summed E-state index contributed by atoms with van der Waals surface area (Å²) in [6.45, 7) is 0. The van der Waals surface area contributed by atoms with Gasteiger partial charge in [0.1, 0.15) is 5.75 Å². The van der Waals surface area contributed by atoms with Crippen LogP contribution in [-0.2, 0) is 0 Å². The van der Waals surface area contributed by atoms with Gasteiger partial charge in [0.25, 0.3) is 5.88 Å². The van der Waals surface area contributed by atoms with Gasteiger partial charge in [-0.15, -0.1) is 0 Å². The number of benzene rings is 4. The Morgan fingerprint density at radius 1 is 0.909 bits per heavy atom. The minimum absolute atomic E-state index is 0.127. The van der Waals surface area contributed by atoms with Gasteiger partial charge in [0.05, 0.1) is 17.8 Å². The standard InChI is InChI=1S/C27H15ClFN3O/c28-27-31-16-24(29)26(32-27)33-25-13-12-18-7-2-4-10-21(18)23(25)14-19(15-30)22-11-5-8-17-6-1-3-9-20(17)22/h1-14,16H/b19-14-. The summed E-state index contributed by atoms with van der Waals surface area (Å²) in [6.07, 6.45) is 2.72. The molecule has 0 atom stereocenters. The second-order valence-corrected chi connectivity index (χ2v) is 7.63. The number of fused-ring (bicyclic) bond motifs is 2. The Morgan fingerprint density at radius 3 is 2.39 bits per heavy atom. The molecule has 0 fully saturated rings. The van der Waals surface area contributed by atoms with Gasteiger partial charge in [-0.1, -0.05) is 72.8 Å². The summed E-state index contributed by atoms with van der Waals surface area (Å²) in [4.78, 5) is 7.49. The largest absolute Gasteiger partial charge is 0.436 e. The normalized spacial score (nSPS) is 11.5. The molecular formula is C27H15ClFN3O. The summed E-state index contributed by atoms with van der Waals surface area (Å²) < 4.78 is 20.1. The van der Waals surface area contributed by atoms with E-state index >= 15 is 0 Å². The van der Waals surface area contributed by atoms with E-state index in [4.69, 9.17) is 16.3 Å². The molecule has 0 amide bonds. The van der Waals surface area contributed by atoms with Crippen LogP contribution in [0.2, 0.25) is 5.28 Å². The molecule has 0 N–H and O–H groups in total. The van der Waals surface area contributed by atoms with Gasteiger partial charge in [-0.3, -0.25) is 0 Å². The molecule has 0 radical (unpaired) electrons. The van der Waals surface area contributed by atoms with Gasteiger partial charge in [0.2, 0.25) is 11.1 Å². The molecule has 5 rings (SSSR count). The van der Waals surface area contributed by atoms with Crippen LogP contribution in [-0.4, -0.2) is 9.97 Å². The molecule has 158 valence electrons. The Balaban J connectivity index is 1.73. The van der Waals surface area contributed by atoms with E-state index in [0.717, 1.165) is 33.3 Å². The zero-order valence-corrected chi connectivity index (χ0v) is 17.9. The molecule has 1 aromatic heterocycles. The van der Waals surface area contributed by atoms with E-state index in [1.807, 2.05) is 72.8 Å². The minimum atomic E-state index is -0.739. The van der Waals surface area contributed by atoms with E-state index in [2.05, 4.69) is 16.0 Å². The van der Waals surface area contributed by atoms with Gasteiger partial charge < -0.3 is 4.74 Å². The lowest BCUT2D eigenvalue weighted by Crippen LogP contribution is -1.97. The number of hydrogen-bond donors (Lipinski definition) is 0. The third-order valence-corrected chi connectivity index (χ3v) is 5.49. The van der Waals surface area contributed by atoms with Gasteiger partial charge in [-0.25, -0.2) is 4.98 Å². The van der Waals surface area contributed by atoms with E-state index in [1.165, 1.54) is 0 Å². The van der Waals surface area contributed by atoms with Crippen molar-refractivity contribution in [2.24, 2.45) is 0 Å². The lowest BCUT2D eigenvalue weighted by atomic mass is 9.95. The van der Waals surface area contributed by atoms with Crippen LogP contribution in [0.1, 0.15) is 11.1 Å². The number of nitriles is 1. The number of nitrogens with zero attached hydrogens (tertiary/aromatic N) is 3. The Bertz CT molecular complexity index is 1590. The van der Waals surface area contributed by atoms with Crippen LogP contribution in [0.3, 0.4) is 0 Å². The van der Waals surface area contributed by atoms with Crippen molar-refractivity contribution in [3.05, 3.63) is 107 Å². The van der Waals surface area contributed by atoms with E-state index in [9.17, 15) is 9.65 Å². The van der Waals surface area contributed by atoms with Crippen LogP contribution in [0.4, 0.5) is 4.39 Å². The molecule has 33 heavy (non-hydrogen) atoms. The molecule has 4 nitrogen and oxygen atoms in total. The molecule has 0 aliphatic rings. The summed E-state index contributed by atoms with van der Waals surface area (Å²) in [5.74, 6) is -0.684. The minimum Gasteiger partial charge on any atom is -0.436 e. The molecule has 0 spiro atoms. The van der Waals surface area contributed by atoms with Gasteiger partial charge in [0, 0.05) is 11.1 Å². The molecule has 0 saturated heterocycles. The van der Waals surface area contributed by atoms with Gasteiger partial charge in [-0.2, -0.15) is 14.6 Å². The third-order valence-electron chi connectivity index (χ3n) is 5.31. The topological polar surface area (TPSA) is 58.8 Å². The Hall–Kier alpha value is -4.27. The van der Waals surface area contributed by atoms with Gasteiger partial charge in [0.15, 0.2) is 0 Å². The third kappa shape index (κ3) is 4.00. The van der Waals surface area contributed by atoms with Crippen LogP contribution >= 0.6 is 11.6 Å². The van der Waals surface area contributed by atoms with Crippen molar-refractivity contribution in [1.29, 1.82) is 5.26 Å². The number of rotatable bonds is 4. The quantitative estimate of drug-likeness (QED) is 0.162. The molecular weight excluding hydrogens is 437 g/mol. The summed E-state index contributed by atoms with van der Waals surface area (Å²) >= 11 is 5.84. The second-order valence-electron chi connectivity index (χ2n) is 7.29. The predicted molar refractivity (Wildman–Crippen MR) is 128 cm³/mol. The average molecular weight is 452 g/mol. The van der Waals surface area contributed by atoms with E-state index in [0.29, 0.717) is 16.9 Å². The molecule has 4 aromatic carbocycles. The summed E-state index contributed by atoms with van der Waals surface area (Å²) in [7, 11) is 0. The Labute approximate surface area is 194 Å². The Morgan fingerprint density at radius 2 is 1.61 bits per heavy atom. The maximum absolute atomic E-state index is 14.3. The highest BCUT2D eigenvalue weighted by molar-refractivity contribution is 6.28. The van der Waals surface area contributed by atoms with Crippen molar-refractivity contribution in [3.63, 3.8) is 0 Å². The average Bonchev–Trinajstić information content (AvgIpc) is 2.85. The Kier molecular flexibility index (Phi) is 5.43. The fourth-order valence-corrected chi connectivity index (χ4v) is 3.92. The number of halogens is 2. The van der Waals surface area contributed by atoms with Crippen molar-refractivity contribution in [1.82, 2.24) is 9.97 Å². The van der Waals surface area contributed by atoms with Crippen molar-refractivity contribution in [3.8, 4) is 17.7 Å². The van der Waals surface area contributed by atoms with Crippen molar-refractivity contribution in [2.45, 2.75) is 0 Å². The number of ether oxygens (including phenoxy) is 1. The zero-order valence-electron chi connectivity index (χ0n) is 17.2. The van der Waals surface area contributed by atoms with Crippen LogP contribution in [0.15, 0.2) is 85.1 Å².